The molecule has 0 unspecified atom stereocenters. The largest absolute Gasteiger partial charge is 0.481 e. The Balaban J connectivity index is 2.68. The predicted octanol–water partition coefficient (Wildman–Crippen LogP) is 1.47. The maximum absolute atomic E-state index is 11.3. The van der Waals surface area contributed by atoms with Crippen LogP contribution in [-0.4, -0.2) is 16.9 Å². The van der Waals surface area contributed by atoms with Crippen LogP contribution in [-0.2, 0) is 9.59 Å². The van der Waals surface area contributed by atoms with Gasteiger partial charge in [0.25, 0.3) is 0 Å². The van der Waals surface area contributed by atoms with Crippen LogP contribution in [0.5, 0.6) is 0 Å². The van der Waals surface area contributed by atoms with E-state index in [4.69, 9.17) is 5.11 Å². The fourth-order valence-electron chi connectivity index (χ4n) is 1.78. The normalized spacial score (nSPS) is 27.5. The molecule has 68 valence electrons. The van der Waals surface area contributed by atoms with Crippen molar-refractivity contribution in [1.29, 1.82) is 0 Å². The maximum atomic E-state index is 11.3. The molecule has 1 aliphatic carbocycles. The Labute approximate surface area is 71.8 Å². The molecule has 1 aliphatic rings. The van der Waals surface area contributed by atoms with Crippen molar-refractivity contribution in [3.05, 3.63) is 0 Å². The Morgan fingerprint density at radius 1 is 1.67 bits per heavy atom. The third-order valence-corrected chi connectivity index (χ3v) is 2.88. The average molecular weight is 170 g/mol. The van der Waals surface area contributed by atoms with Crippen LogP contribution in [0.2, 0.25) is 0 Å². The number of carbonyl (C=O) groups excluding carboxylic acids is 1. The number of ketones is 1. The van der Waals surface area contributed by atoms with Crippen molar-refractivity contribution in [2.45, 2.75) is 33.1 Å². The van der Waals surface area contributed by atoms with Gasteiger partial charge in [0.15, 0.2) is 0 Å². The predicted molar refractivity (Wildman–Crippen MR) is 43.8 cm³/mol. The summed E-state index contributed by atoms with van der Waals surface area (Å²) >= 11 is 0. The van der Waals surface area contributed by atoms with Crippen molar-refractivity contribution in [1.82, 2.24) is 0 Å². The molecule has 0 aromatic carbocycles. The van der Waals surface area contributed by atoms with E-state index in [9.17, 15) is 9.59 Å². The van der Waals surface area contributed by atoms with Gasteiger partial charge in [-0.25, -0.2) is 0 Å². The minimum atomic E-state index is -0.803. The van der Waals surface area contributed by atoms with Gasteiger partial charge in [-0.3, -0.25) is 9.59 Å². The molecule has 1 saturated carbocycles. The summed E-state index contributed by atoms with van der Waals surface area (Å²) in [6.07, 6.45) is 1.40. The third-order valence-electron chi connectivity index (χ3n) is 2.88. The lowest BCUT2D eigenvalue weighted by Crippen LogP contribution is -2.26. The molecule has 1 N–H and O–H groups in total. The Bertz CT molecular complexity index is 218. The molecule has 1 fully saturated rings. The van der Waals surface area contributed by atoms with Crippen molar-refractivity contribution in [2.24, 2.45) is 11.3 Å². The lowest BCUT2D eigenvalue weighted by Gasteiger charge is -2.23. The van der Waals surface area contributed by atoms with E-state index in [0.29, 0.717) is 6.42 Å². The summed E-state index contributed by atoms with van der Waals surface area (Å²) in [6, 6.07) is 0. The first-order valence-electron chi connectivity index (χ1n) is 4.19. The van der Waals surface area contributed by atoms with E-state index in [1.165, 1.54) is 0 Å². The minimum absolute atomic E-state index is 0.0301. The molecule has 1 rings (SSSR count). The molecule has 0 heterocycles. The van der Waals surface area contributed by atoms with Crippen molar-refractivity contribution < 1.29 is 14.7 Å². The van der Waals surface area contributed by atoms with Crippen LogP contribution >= 0.6 is 0 Å². The second kappa shape index (κ2) is 2.88. The number of Topliss-reactive ketones (excluding diaryl/α,β-unsaturated/α-hetero) is 1. The van der Waals surface area contributed by atoms with Crippen molar-refractivity contribution in [3.63, 3.8) is 0 Å². The highest BCUT2D eigenvalue weighted by molar-refractivity contribution is 5.87. The first-order valence-corrected chi connectivity index (χ1v) is 4.19. The van der Waals surface area contributed by atoms with Gasteiger partial charge in [-0.2, -0.15) is 0 Å². The molecule has 3 heteroatoms. The molecule has 0 amide bonds. The van der Waals surface area contributed by atoms with Gasteiger partial charge in [0.05, 0.1) is 0 Å². The molecule has 3 nitrogen and oxygen atoms in total. The smallest absolute Gasteiger partial charge is 0.303 e. The van der Waals surface area contributed by atoms with Crippen LogP contribution in [0.25, 0.3) is 0 Å². The van der Waals surface area contributed by atoms with Gasteiger partial charge < -0.3 is 5.11 Å². The van der Waals surface area contributed by atoms with Gasteiger partial charge in [-0.15, -0.1) is 0 Å². The molecule has 0 aromatic heterocycles. The number of carbonyl (C=O) groups is 2. The molecule has 0 spiro atoms. The zero-order valence-corrected chi connectivity index (χ0v) is 7.46. The zero-order chi connectivity index (χ0) is 9.35. The van der Waals surface area contributed by atoms with Gasteiger partial charge in [-0.1, -0.05) is 13.8 Å². The van der Waals surface area contributed by atoms with Crippen LogP contribution in [0.15, 0.2) is 0 Å². The van der Waals surface area contributed by atoms with Crippen LogP contribution < -0.4 is 0 Å². The number of carboxylic acid groups (broad SMARTS) is 1. The SMILES string of the molecule is CC1(C)C(=O)CC[C@@H]1CC(=O)O. The molecular formula is C9H14O3. The molecule has 0 radical (unpaired) electrons. The van der Waals surface area contributed by atoms with Gasteiger partial charge in [0.2, 0.25) is 0 Å². The summed E-state index contributed by atoms with van der Waals surface area (Å²) in [5.41, 5.74) is -0.418. The number of hydrogen-bond acceptors (Lipinski definition) is 2. The second-order valence-electron chi connectivity index (χ2n) is 3.98. The van der Waals surface area contributed by atoms with Crippen molar-refractivity contribution in [2.75, 3.05) is 0 Å². The van der Waals surface area contributed by atoms with E-state index in [0.717, 1.165) is 6.42 Å². The Morgan fingerprint density at radius 3 is 2.58 bits per heavy atom. The number of hydrogen-bond donors (Lipinski definition) is 1. The summed E-state index contributed by atoms with van der Waals surface area (Å²) in [5, 5.41) is 8.58. The summed E-state index contributed by atoms with van der Waals surface area (Å²) in [7, 11) is 0. The van der Waals surface area contributed by atoms with E-state index < -0.39 is 11.4 Å². The van der Waals surface area contributed by atoms with E-state index in [1.807, 2.05) is 13.8 Å². The topological polar surface area (TPSA) is 54.4 Å². The Kier molecular flexibility index (Phi) is 2.22. The summed E-state index contributed by atoms with van der Waals surface area (Å²) in [5.74, 6) is -0.570. The highest BCUT2D eigenvalue weighted by Gasteiger charge is 2.42. The average Bonchev–Trinajstić information content (AvgIpc) is 2.15. The lowest BCUT2D eigenvalue weighted by molar-refractivity contribution is -0.139. The minimum Gasteiger partial charge on any atom is -0.481 e. The van der Waals surface area contributed by atoms with Crippen LogP contribution in [0.4, 0.5) is 0 Å². The first kappa shape index (κ1) is 9.23. The van der Waals surface area contributed by atoms with Crippen LogP contribution in [0, 0.1) is 11.3 Å². The van der Waals surface area contributed by atoms with Gasteiger partial charge in [0, 0.05) is 18.3 Å². The quantitative estimate of drug-likeness (QED) is 0.682. The monoisotopic (exact) mass is 170 g/mol. The highest BCUT2D eigenvalue weighted by Crippen LogP contribution is 2.41. The molecule has 0 saturated heterocycles. The van der Waals surface area contributed by atoms with Crippen LogP contribution in [0.3, 0.4) is 0 Å². The van der Waals surface area contributed by atoms with Gasteiger partial charge in [-0.05, 0) is 12.3 Å². The fraction of sp³-hybridized carbons (Fsp3) is 0.778. The Hall–Kier alpha value is -0.860. The molecule has 0 bridgehead atoms. The van der Waals surface area contributed by atoms with Crippen molar-refractivity contribution in [3.8, 4) is 0 Å². The molecule has 0 aromatic rings. The standard InChI is InChI=1S/C9H14O3/c1-9(2)6(5-8(11)12)3-4-7(9)10/h6H,3-5H2,1-2H3,(H,11,12)/t6-/m1/s1. The third kappa shape index (κ3) is 1.49. The second-order valence-corrected chi connectivity index (χ2v) is 3.98. The summed E-state index contributed by atoms with van der Waals surface area (Å²) < 4.78 is 0. The molecule has 12 heavy (non-hydrogen) atoms. The van der Waals surface area contributed by atoms with Gasteiger partial charge in [0.1, 0.15) is 5.78 Å². The van der Waals surface area contributed by atoms with E-state index in [-0.39, 0.29) is 18.1 Å². The maximum Gasteiger partial charge on any atom is 0.303 e. The van der Waals surface area contributed by atoms with E-state index in [1.54, 1.807) is 0 Å². The molecular weight excluding hydrogens is 156 g/mol. The van der Waals surface area contributed by atoms with E-state index in [2.05, 4.69) is 0 Å². The highest BCUT2D eigenvalue weighted by atomic mass is 16.4. The summed E-state index contributed by atoms with van der Waals surface area (Å²) in [6.45, 7) is 3.69. The number of aliphatic carboxylic acids is 1. The number of carboxylic acids is 1. The van der Waals surface area contributed by atoms with E-state index >= 15 is 0 Å². The zero-order valence-electron chi connectivity index (χ0n) is 7.46. The number of rotatable bonds is 2. The first-order chi connectivity index (χ1) is 5.44. The van der Waals surface area contributed by atoms with Crippen LogP contribution in [0.1, 0.15) is 33.1 Å². The molecule has 1 atom stereocenters. The summed E-state index contributed by atoms with van der Waals surface area (Å²) in [4.78, 5) is 21.7. The van der Waals surface area contributed by atoms with Gasteiger partial charge >= 0.3 is 5.97 Å². The fourth-order valence-corrected chi connectivity index (χ4v) is 1.78. The lowest BCUT2D eigenvalue weighted by atomic mass is 9.79. The van der Waals surface area contributed by atoms with Crippen molar-refractivity contribution >= 4 is 11.8 Å². The Morgan fingerprint density at radius 2 is 2.25 bits per heavy atom. The molecule has 0 aliphatic heterocycles.